The first-order valence-corrected chi connectivity index (χ1v) is 8.61. The SMILES string of the molecule is CN(C(=O)Cc1ccc2c(c1)OCO2)C1CCS(=O)(=O)C1. The van der Waals surface area contributed by atoms with Gasteiger partial charge in [0, 0.05) is 13.1 Å². The Morgan fingerprint density at radius 1 is 1.33 bits per heavy atom. The molecule has 1 fully saturated rings. The number of carbonyl (C=O) groups excluding carboxylic acids is 1. The quantitative estimate of drug-likeness (QED) is 0.817. The molecule has 0 aliphatic carbocycles. The Labute approximate surface area is 123 Å². The lowest BCUT2D eigenvalue weighted by molar-refractivity contribution is -0.130. The molecule has 0 saturated carbocycles. The van der Waals surface area contributed by atoms with Crippen molar-refractivity contribution in [1.29, 1.82) is 0 Å². The number of ether oxygens (including phenoxy) is 2. The summed E-state index contributed by atoms with van der Waals surface area (Å²) in [5.74, 6) is 1.47. The number of likely N-dealkylation sites (N-methyl/N-ethyl adjacent to an activating group) is 1. The van der Waals surface area contributed by atoms with E-state index in [4.69, 9.17) is 9.47 Å². The molecule has 21 heavy (non-hydrogen) atoms. The average molecular weight is 311 g/mol. The highest BCUT2D eigenvalue weighted by Gasteiger charge is 2.32. The summed E-state index contributed by atoms with van der Waals surface area (Å²) in [6.07, 6.45) is 0.745. The molecule has 1 amide bonds. The molecule has 114 valence electrons. The largest absolute Gasteiger partial charge is 0.454 e. The van der Waals surface area contributed by atoms with Gasteiger partial charge in [-0.1, -0.05) is 6.07 Å². The number of carbonyl (C=O) groups is 1. The molecule has 2 heterocycles. The van der Waals surface area contributed by atoms with E-state index in [1.165, 1.54) is 0 Å². The Hall–Kier alpha value is -1.76. The number of rotatable bonds is 3. The molecule has 1 aromatic carbocycles. The van der Waals surface area contributed by atoms with Crippen LogP contribution in [-0.4, -0.2) is 50.6 Å². The maximum absolute atomic E-state index is 12.3. The van der Waals surface area contributed by atoms with Crippen LogP contribution in [0.15, 0.2) is 18.2 Å². The average Bonchev–Trinajstić information content (AvgIpc) is 3.03. The Bertz CT molecular complexity index is 670. The molecule has 2 aliphatic heterocycles. The summed E-state index contributed by atoms with van der Waals surface area (Å²) in [5.41, 5.74) is 0.831. The minimum absolute atomic E-state index is 0.0659. The van der Waals surface area contributed by atoms with Gasteiger partial charge in [0.05, 0.1) is 17.9 Å². The summed E-state index contributed by atoms with van der Waals surface area (Å²) in [6, 6.07) is 5.19. The topological polar surface area (TPSA) is 72.9 Å². The fourth-order valence-corrected chi connectivity index (χ4v) is 4.41. The number of nitrogens with zero attached hydrogens (tertiary/aromatic N) is 1. The van der Waals surface area contributed by atoms with Crippen molar-refractivity contribution in [3.05, 3.63) is 23.8 Å². The third kappa shape index (κ3) is 2.97. The molecule has 2 aliphatic rings. The van der Waals surface area contributed by atoms with E-state index in [1.807, 2.05) is 6.07 Å². The summed E-state index contributed by atoms with van der Waals surface area (Å²) in [7, 11) is -1.32. The van der Waals surface area contributed by atoms with E-state index in [-0.39, 0.29) is 36.7 Å². The second kappa shape index (κ2) is 5.22. The third-order valence-electron chi connectivity index (χ3n) is 3.94. The summed E-state index contributed by atoms with van der Waals surface area (Å²) in [6.45, 7) is 0.201. The van der Waals surface area contributed by atoms with Crippen LogP contribution < -0.4 is 9.47 Å². The van der Waals surface area contributed by atoms with Crippen LogP contribution in [0.1, 0.15) is 12.0 Å². The molecule has 1 saturated heterocycles. The minimum Gasteiger partial charge on any atom is -0.454 e. The molecular formula is C14H17NO5S. The molecular weight excluding hydrogens is 294 g/mol. The summed E-state index contributed by atoms with van der Waals surface area (Å²) in [4.78, 5) is 13.8. The summed E-state index contributed by atoms with van der Waals surface area (Å²) in [5, 5.41) is 0. The van der Waals surface area contributed by atoms with Crippen LogP contribution in [-0.2, 0) is 21.1 Å². The van der Waals surface area contributed by atoms with E-state index in [0.29, 0.717) is 17.9 Å². The molecule has 0 spiro atoms. The van der Waals surface area contributed by atoms with E-state index in [2.05, 4.69) is 0 Å². The monoisotopic (exact) mass is 311 g/mol. The Morgan fingerprint density at radius 2 is 2.10 bits per heavy atom. The maximum atomic E-state index is 12.3. The molecule has 1 unspecified atom stereocenters. The van der Waals surface area contributed by atoms with Crippen molar-refractivity contribution < 1.29 is 22.7 Å². The first-order chi connectivity index (χ1) is 9.94. The number of amides is 1. The first-order valence-electron chi connectivity index (χ1n) is 6.79. The van der Waals surface area contributed by atoms with Crippen molar-refractivity contribution in [3.8, 4) is 11.5 Å². The van der Waals surface area contributed by atoms with Gasteiger partial charge in [-0.05, 0) is 24.1 Å². The van der Waals surface area contributed by atoms with Crippen LogP contribution in [0, 0.1) is 0 Å². The molecule has 1 aromatic rings. The normalized spacial score (nSPS) is 22.2. The van der Waals surface area contributed by atoms with Gasteiger partial charge in [-0.3, -0.25) is 4.79 Å². The van der Waals surface area contributed by atoms with Crippen LogP contribution in [0.5, 0.6) is 11.5 Å². The van der Waals surface area contributed by atoms with Crippen molar-refractivity contribution >= 4 is 15.7 Å². The molecule has 3 rings (SSSR count). The van der Waals surface area contributed by atoms with E-state index in [9.17, 15) is 13.2 Å². The van der Waals surface area contributed by atoms with Gasteiger partial charge in [0.1, 0.15) is 0 Å². The predicted molar refractivity (Wildman–Crippen MR) is 76.1 cm³/mol. The van der Waals surface area contributed by atoms with Gasteiger partial charge in [-0.15, -0.1) is 0 Å². The van der Waals surface area contributed by atoms with Crippen molar-refractivity contribution in [2.45, 2.75) is 18.9 Å². The molecule has 6 nitrogen and oxygen atoms in total. The predicted octanol–water partition coefficient (Wildman–Crippen LogP) is 0.603. The zero-order valence-corrected chi connectivity index (χ0v) is 12.6. The second-order valence-corrected chi connectivity index (χ2v) is 7.65. The highest BCUT2D eigenvalue weighted by Crippen LogP contribution is 2.32. The van der Waals surface area contributed by atoms with Gasteiger partial charge in [0.15, 0.2) is 21.3 Å². The van der Waals surface area contributed by atoms with Gasteiger partial charge >= 0.3 is 0 Å². The lowest BCUT2D eigenvalue weighted by Gasteiger charge is -2.23. The van der Waals surface area contributed by atoms with E-state index in [1.54, 1.807) is 24.1 Å². The number of hydrogen-bond donors (Lipinski definition) is 0. The van der Waals surface area contributed by atoms with Crippen molar-refractivity contribution in [2.75, 3.05) is 25.3 Å². The lowest BCUT2D eigenvalue weighted by atomic mass is 10.1. The van der Waals surface area contributed by atoms with Crippen LogP contribution in [0.25, 0.3) is 0 Å². The van der Waals surface area contributed by atoms with Crippen molar-refractivity contribution in [3.63, 3.8) is 0 Å². The Balaban J connectivity index is 1.66. The Kier molecular flexibility index (Phi) is 3.52. The van der Waals surface area contributed by atoms with Gasteiger partial charge in [-0.2, -0.15) is 0 Å². The summed E-state index contributed by atoms with van der Waals surface area (Å²) >= 11 is 0. The van der Waals surface area contributed by atoms with Crippen LogP contribution in [0.3, 0.4) is 0 Å². The van der Waals surface area contributed by atoms with Gasteiger partial charge < -0.3 is 14.4 Å². The van der Waals surface area contributed by atoms with Gasteiger partial charge in [-0.25, -0.2) is 8.42 Å². The second-order valence-electron chi connectivity index (χ2n) is 5.43. The van der Waals surface area contributed by atoms with Crippen LogP contribution in [0.4, 0.5) is 0 Å². The van der Waals surface area contributed by atoms with E-state index >= 15 is 0 Å². The lowest BCUT2D eigenvalue weighted by Crippen LogP contribution is -2.38. The highest BCUT2D eigenvalue weighted by molar-refractivity contribution is 7.91. The zero-order valence-electron chi connectivity index (χ0n) is 11.7. The smallest absolute Gasteiger partial charge is 0.231 e. The van der Waals surface area contributed by atoms with E-state index in [0.717, 1.165) is 5.56 Å². The number of sulfone groups is 1. The fourth-order valence-electron chi connectivity index (χ4n) is 2.63. The fraction of sp³-hybridized carbons (Fsp3) is 0.500. The molecule has 1 atom stereocenters. The number of benzene rings is 1. The number of fused-ring (bicyclic) bond motifs is 1. The highest BCUT2D eigenvalue weighted by atomic mass is 32.2. The van der Waals surface area contributed by atoms with Gasteiger partial charge in [0.2, 0.25) is 12.7 Å². The minimum atomic E-state index is -2.99. The van der Waals surface area contributed by atoms with Crippen LogP contribution in [0.2, 0.25) is 0 Å². The molecule has 0 radical (unpaired) electrons. The van der Waals surface area contributed by atoms with Crippen molar-refractivity contribution in [2.24, 2.45) is 0 Å². The maximum Gasteiger partial charge on any atom is 0.231 e. The third-order valence-corrected chi connectivity index (χ3v) is 5.69. The van der Waals surface area contributed by atoms with Gasteiger partial charge in [0.25, 0.3) is 0 Å². The molecule has 7 heteroatoms. The zero-order chi connectivity index (χ0) is 15.0. The standard InChI is InChI=1S/C14H17NO5S/c1-15(11-4-5-21(17,18)8-11)14(16)7-10-2-3-12-13(6-10)20-9-19-12/h2-3,6,11H,4-5,7-9H2,1H3. The number of hydrogen-bond acceptors (Lipinski definition) is 5. The van der Waals surface area contributed by atoms with Crippen LogP contribution >= 0.6 is 0 Å². The molecule has 0 aromatic heterocycles. The first kappa shape index (κ1) is 14.2. The molecule has 0 bridgehead atoms. The Morgan fingerprint density at radius 3 is 2.81 bits per heavy atom. The van der Waals surface area contributed by atoms with E-state index < -0.39 is 9.84 Å². The van der Waals surface area contributed by atoms with Crippen molar-refractivity contribution in [1.82, 2.24) is 4.90 Å². The molecule has 0 N–H and O–H groups in total. The summed E-state index contributed by atoms with van der Waals surface area (Å²) < 4.78 is 33.5.